The second-order valence-corrected chi connectivity index (χ2v) is 4.11. The molecular formula is C12H18F2N2. The average Bonchev–Trinajstić information content (AvgIpc) is 2.19. The number of hydrogen-bond donors (Lipinski definition) is 1. The second-order valence-electron chi connectivity index (χ2n) is 4.11. The molecule has 0 aliphatic heterocycles. The molecule has 0 atom stereocenters. The molecule has 0 bridgehead atoms. The molecule has 1 aromatic rings. The molecule has 0 aliphatic rings. The van der Waals surface area contributed by atoms with Crippen LogP contribution >= 0.6 is 0 Å². The maximum atomic E-state index is 12.4. The van der Waals surface area contributed by atoms with Crippen LogP contribution in [0.15, 0.2) is 24.3 Å². The lowest BCUT2D eigenvalue weighted by Gasteiger charge is -2.26. The van der Waals surface area contributed by atoms with E-state index in [1.807, 2.05) is 32.0 Å². The highest BCUT2D eigenvalue weighted by molar-refractivity contribution is 5.46. The van der Waals surface area contributed by atoms with Crippen LogP contribution in [0.2, 0.25) is 0 Å². The summed E-state index contributed by atoms with van der Waals surface area (Å²) in [5.41, 5.74) is 7.34. The van der Waals surface area contributed by atoms with Crippen LogP contribution in [0.1, 0.15) is 19.4 Å². The number of alkyl halides is 2. The van der Waals surface area contributed by atoms with E-state index in [0.29, 0.717) is 12.2 Å². The highest BCUT2D eigenvalue weighted by atomic mass is 19.3. The van der Waals surface area contributed by atoms with Gasteiger partial charge in [-0.1, -0.05) is 18.2 Å². The molecule has 0 saturated carbocycles. The van der Waals surface area contributed by atoms with E-state index in [4.69, 9.17) is 5.73 Å². The lowest BCUT2D eigenvalue weighted by Crippen LogP contribution is -2.34. The van der Waals surface area contributed by atoms with Gasteiger partial charge in [0.1, 0.15) is 0 Å². The Balaban J connectivity index is 2.72. The molecule has 0 aromatic heterocycles. The van der Waals surface area contributed by atoms with Crippen molar-refractivity contribution in [2.24, 2.45) is 0 Å². The van der Waals surface area contributed by atoms with Crippen LogP contribution < -0.4 is 5.73 Å². The molecule has 0 aliphatic carbocycles. The zero-order valence-corrected chi connectivity index (χ0v) is 9.66. The minimum Gasteiger partial charge on any atom is -0.398 e. The van der Waals surface area contributed by atoms with Crippen LogP contribution in [0.3, 0.4) is 0 Å². The third-order valence-electron chi connectivity index (χ3n) is 2.53. The minimum atomic E-state index is -2.31. The Kier molecular flexibility index (Phi) is 4.68. The quantitative estimate of drug-likeness (QED) is 0.785. The van der Waals surface area contributed by atoms with Gasteiger partial charge in [0.25, 0.3) is 6.43 Å². The fourth-order valence-electron chi connectivity index (χ4n) is 1.53. The van der Waals surface area contributed by atoms with Crippen LogP contribution in [0, 0.1) is 0 Å². The van der Waals surface area contributed by atoms with Gasteiger partial charge in [-0.2, -0.15) is 0 Å². The van der Waals surface area contributed by atoms with E-state index in [-0.39, 0.29) is 12.6 Å². The molecular weight excluding hydrogens is 210 g/mol. The van der Waals surface area contributed by atoms with Gasteiger partial charge in [-0.15, -0.1) is 0 Å². The third kappa shape index (κ3) is 3.77. The molecule has 0 unspecified atom stereocenters. The van der Waals surface area contributed by atoms with Crippen molar-refractivity contribution in [3.8, 4) is 0 Å². The summed E-state index contributed by atoms with van der Waals surface area (Å²) in [6.07, 6.45) is -2.31. The summed E-state index contributed by atoms with van der Waals surface area (Å²) in [7, 11) is 0. The van der Waals surface area contributed by atoms with Gasteiger partial charge in [0.05, 0.1) is 6.54 Å². The fraction of sp³-hybridized carbons (Fsp3) is 0.500. The Hall–Kier alpha value is -1.16. The number of nitrogens with two attached hydrogens (primary N) is 1. The zero-order valence-electron chi connectivity index (χ0n) is 9.66. The van der Waals surface area contributed by atoms with Gasteiger partial charge < -0.3 is 5.73 Å². The highest BCUT2D eigenvalue weighted by Crippen LogP contribution is 2.16. The van der Waals surface area contributed by atoms with Gasteiger partial charge in [-0.25, -0.2) is 8.78 Å². The number of nitrogen functional groups attached to an aromatic ring is 1. The number of rotatable bonds is 5. The van der Waals surface area contributed by atoms with Gasteiger partial charge in [0, 0.05) is 18.3 Å². The number of para-hydroxylation sites is 1. The summed E-state index contributed by atoms with van der Waals surface area (Å²) in [5, 5.41) is 0. The van der Waals surface area contributed by atoms with Gasteiger partial charge >= 0.3 is 0 Å². The first-order valence-electron chi connectivity index (χ1n) is 5.36. The molecule has 0 amide bonds. The Bertz CT molecular complexity index is 327. The van der Waals surface area contributed by atoms with Crippen molar-refractivity contribution in [3.05, 3.63) is 29.8 Å². The average molecular weight is 228 g/mol. The molecule has 16 heavy (non-hydrogen) atoms. The first kappa shape index (κ1) is 12.9. The standard InChI is InChI=1S/C12H18F2N2/c1-9(2)16(8-12(13)14)7-10-5-3-4-6-11(10)15/h3-6,9,12H,7-8,15H2,1-2H3. The van der Waals surface area contributed by atoms with Gasteiger partial charge in [-0.3, -0.25) is 4.90 Å². The summed E-state index contributed by atoms with van der Waals surface area (Å²) in [6, 6.07) is 7.44. The maximum absolute atomic E-state index is 12.4. The first-order valence-corrected chi connectivity index (χ1v) is 5.36. The van der Waals surface area contributed by atoms with Crippen molar-refractivity contribution in [2.45, 2.75) is 32.9 Å². The fourth-order valence-corrected chi connectivity index (χ4v) is 1.53. The minimum absolute atomic E-state index is 0.0774. The third-order valence-corrected chi connectivity index (χ3v) is 2.53. The number of halogens is 2. The second kappa shape index (κ2) is 5.80. The zero-order chi connectivity index (χ0) is 12.1. The molecule has 4 heteroatoms. The van der Waals surface area contributed by atoms with Crippen molar-refractivity contribution in [3.63, 3.8) is 0 Å². The highest BCUT2D eigenvalue weighted by Gasteiger charge is 2.16. The van der Waals surface area contributed by atoms with Crippen molar-refractivity contribution < 1.29 is 8.78 Å². The summed E-state index contributed by atoms with van der Waals surface area (Å²) in [5.74, 6) is 0. The van der Waals surface area contributed by atoms with Crippen molar-refractivity contribution in [1.82, 2.24) is 4.90 Å². The largest absolute Gasteiger partial charge is 0.398 e. The van der Waals surface area contributed by atoms with E-state index in [0.717, 1.165) is 5.56 Å². The molecule has 0 saturated heterocycles. The Morgan fingerprint density at radius 2 is 1.88 bits per heavy atom. The van der Waals surface area contributed by atoms with E-state index >= 15 is 0 Å². The number of nitrogens with zero attached hydrogens (tertiary/aromatic N) is 1. The molecule has 90 valence electrons. The van der Waals surface area contributed by atoms with Crippen molar-refractivity contribution in [1.29, 1.82) is 0 Å². The van der Waals surface area contributed by atoms with E-state index in [2.05, 4.69) is 0 Å². The topological polar surface area (TPSA) is 29.3 Å². The summed E-state index contributed by atoms with van der Waals surface area (Å²) < 4.78 is 24.8. The lowest BCUT2D eigenvalue weighted by molar-refractivity contribution is 0.0691. The molecule has 2 N–H and O–H groups in total. The summed E-state index contributed by atoms with van der Waals surface area (Å²) in [4.78, 5) is 1.72. The number of anilines is 1. The smallest absolute Gasteiger partial charge is 0.251 e. The van der Waals surface area contributed by atoms with Crippen LogP contribution in [-0.4, -0.2) is 23.9 Å². The van der Waals surface area contributed by atoms with Gasteiger partial charge in [-0.05, 0) is 25.5 Å². The SMILES string of the molecule is CC(C)N(Cc1ccccc1N)CC(F)F. The Morgan fingerprint density at radius 1 is 1.25 bits per heavy atom. The molecule has 0 radical (unpaired) electrons. The Morgan fingerprint density at radius 3 is 2.38 bits per heavy atom. The first-order chi connectivity index (χ1) is 7.50. The van der Waals surface area contributed by atoms with E-state index in [1.54, 1.807) is 11.0 Å². The van der Waals surface area contributed by atoms with Crippen molar-refractivity contribution in [2.75, 3.05) is 12.3 Å². The van der Waals surface area contributed by atoms with Crippen LogP contribution in [-0.2, 0) is 6.54 Å². The molecule has 1 aromatic carbocycles. The summed E-state index contributed by atoms with van der Waals surface area (Å²) >= 11 is 0. The monoisotopic (exact) mass is 228 g/mol. The molecule has 2 nitrogen and oxygen atoms in total. The molecule has 0 fully saturated rings. The predicted octanol–water partition coefficient (Wildman–Crippen LogP) is 2.74. The number of benzene rings is 1. The number of hydrogen-bond acceptors (Lipinski definition) is 2. The van der Waals surface area contributed by atoms with Gasteiger partial charge in [0.15, 0.2) is 0 Å². The van der Waals surface area contributed by atoms with Crippen LogP contribution in [0.5, 0.6) is 0 Å². The lowest BCUT2D eigenvalue weighted by atomic mass is 10.1. The molecule has 0 heterocycles. The van der Waals surface area contributed by atoms with E-state index in [1.165, 1.54) is 0 Å². The van der Waals surface area contributed by atoms with E-state index in [9.17, 15) is 8.78 Å². The maximum Gasteiger partial charge on any atom is 0.251 e. The summed E-state index contributed by atoms with van der Waals surface area (Å²) in [6.45, 7) is 4.06. The normalized spacial score (nSPS) is 11.7. The molecule has 1 rings (SSSR count). The van der Waals surface area contributed by atoms with Crippen LogP contribution in [0.25, 0.3) is 0 Å². The van der Waals surface area contributed by atoms with Crippen molar-refractivity contribution >= 4 is 5.69 Å². The predicted molar refractivity (Wildman–Crippen MR) is 62.4 cm³/mol. The Labute approximate surface area is 95.1 Å². The molecule has 0 spiro atoms. The van der Waals surface area contributed by atoms with Gasteiger partial charge in [0.2, 0.25) is 0 Å². The van der Waals surface area contributed by atoms with E-state index < -0.39 is 6.43 Å². The van der Waals surface area contributed by atoms with Crippen LogP contribution in [0.4, 0.5) is 14.5 Å².